The smallest absolute Gasteiger partial charge is 0.179 e. The van der Waals surface area contributed by atoms with Gasteiger partial charge in [0.2, 0.25) is 0 Å². The first kappa shape index (κ1) is 13.8. The van der Waals surface area contributed by atoms with Gasteiger partial charge < -0.3 is 9.47 Å². The molecule has 0 saturated carbocycles. The molecular weight excluding hydrogens is 286 g/mol. The molecule has 0 aliphatic heterocycles. The second-order valence-corrected chi connectivity index (χ2v) is 5.14. The van der Waals surface area contributed by atoms with Gasteiger partial charge in [0, 0.05) is 23.1 Å². The monoisotopic (exact) mass is 297 g/mol. The number of nitrogens with zero attached hydrogens (tertiary/aromatic N) is 1. The van der Waals surface area contributed by atoms with Crippen molar-refractivity contribution in [2.45, 2.75) is 6.42 Å². The number of rotatable bonds is 5. The van der Waals surface area contributed by atoms with Gasteiger partial charge in [-0.1, -0.05) is 11.6 Å². The number of benzene rings is 1. The standard InChI is InChI=1S/C13H12ClNO3S/c1-17-12-4-8(3-10(14)13(12)18-2)11(16)5-9-6-15-7-19-9/h3-4,6-7H,5H2,1-2H3. The fourth-order valence-electron chi connectivity index (χ4n) is 1.67. The molecule has 1 heterocycles. The Kier molecular flexibility index (Phi) is 4.39. The zero-order chi connectivity index (χ0) is 13.8. The van der Waals surface area contributed by atoms with Crippen molar-refractivity contribution in [1.82, 2.24) is 4.98 Å². The third kappa shape index (κ3) is 3.05. The minimum atomic E-state index is -0.0351. The van der Waals surface area contributed by atoms with Crippen LogP contribution in [0.25, 0.3) is 0 Å². The van der Waals surface area contributed by atoms with E-state index in [4.69, 9.17) is 21.1 Å². The predicted octanol–water partition coefficient (Wildman–Crippen LogP) is 3.24. The highest BCUT2D eigenvalue weighted by Crippen LogP contribution is 2.36. The van der Waals surface area contributed by atoms with Crippen LogP contribution in [0.3, 0.4) is 0 Å². The van der Waals surface area contributed by atoms with E-state index in [1.807, 2.05) is 0 Å². The highest BCUT2D eigenvalue weighted by molar-refractivity contribution is 7.09. The van der Waals surface area contributed by atoms with Crippen molar-refractivity contribution >= 4 is 28.7 Å². The lowest BCUT2D eigenvalue weighted by molar-refractivity contribution is 0.0993. The van der Waals surface area contributed by atoms with Gasteiger partial charge in [-0.2, -0.15) is 0 Å². The van der Waals surface area contributed by atoms with Crippen LogP contribution in [0.1, 0.15) is 15.2 Å². The molecular formula is C13H12ClNO3S. The lowest BCUT2D eigenvalue weighted by atomic mass is 10.1. The van der Waals surface area contributed by atoms with Crippen molar-refractivity contribution in [2.75, 3.05) is 14.2 Å². The van der Waals surface area contributed by atoms with Crippen molar-refractivity contribution in [3.05, 3.63) is 39.3 Å². The number of methoxy groups -OCH3 is 2. The molecule has 0 unspecified atom stereocenters. The van der Waals surface area contributed by atoms with E-state index in [1.54, 1.807) is 23.8 Å². The molecule has 0 aliphatic carbocycles. The molecule has 2 aromatic rings. The SMILES string of the molecule is COc1cc(C(=O)Cc2cncs2)cc(Cl)c1OC. The van der Waals surface area contributed by atoms with Crippen molar-refractivity contribution in [3.63, 3.8) is 0 Å². The van der Waals surface area contributed by atoms with Crippen LogP contribution in [0.4, 0.5) is 0 Å². The summed E-state index contributed by atoms with van der Waals surface area (Å²) in [6, 6.07) is 3.22. The second-order valence-electron chi connectivity index (χ2n) is 3.76. The first-order valence-electron chi connectivity index (χ1n) is 5.47. The zero-order valence-corrected chi connectivity index (χ0v) is 12.0. The Labute approximate surface area is 120 Å². The molecule has 0 radical (unpaired) electrons. The third-order valence-electron chi connectivity index (χ3n) is 2.57. The number of halogens is 1. The highest BCUT2D eigenvalue weighted by Gasteiger charge is 2.15. The highest BCUT2D eigenvalue weighted by atomic mass is 35.5. The largest absolute Gasteiger partial charge is 0.493 e. The fourth-order valence-corrected chi connectivity index (χ4v) is 2.55. The maximum absolute atomic E-state index is 12.2. The molecule has 2 rings (SSSR count). The first-order valence-corrected chi connectivity index (χ1v) is 6.73. The Morgan fingerprint density at radius 3 is 2.74 bits per heavy atom. The van der Waals surface area contributed by atoms with Gasteiger partial charge in [-0.05, 0) is 12.1 Å². The van der Waals surface area contributed by atoms with E-state index in [0.717, 1.165) is 4.88 Å². The quantitative estimate of drug-likeness (QED) is 0.795. The third-order valence-corrected chi connectivity index (χ3v) is 3.63. The topological polar surface area (TPSA) is 48.4 Å². The van der Waals surface area contributed by atoms with Gasteiger partial charge in [0.1, 0.15) is 0 Å². The minimum Gasteiger partial charge on any atom is -0.493 e. The lowest BCUT2D eigenvalue weighted by Crippen LogP contribution is -2.04. The number of carbonyl (C=O) groups excluding carboxylic acids is 1. The van der Waals surface area contributed by atoms with E-state index in [2.05, 4.69) is 4.98 Å². The molecule has 0 fully saturated rings. The van der Waals surface area contributed by atoms with Gasteiger partial charge in [0.05, 0.1) is 24.8 Å². The average molecular weight is 298 g/mol. The number of ether oxygens (including phenoxy) is 2. The van der Waals surface area contributed by atoms with Crippen LogP contribution in [0.15, 0.2) is 23.8 Å². The Bertz CT molecular complexity index is 584. The summed E-state index contributed by atoms with van der Waals surface area (Å²) in [4.78, 5) is 17.0. The molecule has 100 valence electrons. The van der Waals surface area contributed by atoms with Gasteiger partial charge in [-0.3, -0.25) is 9.78 Å². The van der Waals surface area contributed by atoms with Crippen molar-refractivity contribution in [1.29, 1.82) is 0 Å². The van der Waals surface area contributed by atoms with Gasteiger partial charge >= 0.3 is 0 Å². The summed E-state index contributed by atoms with van der Waals surface area (Å²) < 4.78 is 10.3. The Morgan fingerprint density at radius 1 is 1.37 bits per heavy atom. The maximum atomic E-state index is 12.2. The average Bonchev–Trinajstić information content (AvgIpc) is 2.90. The number of aromatic nitrogens is 1. The van der Waals surface area contributed by atoms with Crippen LogP contribution in [0.5, 0.6) is 11.5 Å². The van der Waals surface area contributed by atoms with Gasteiger partial charge in [0.15, 0.2) is 17.3 Å². The molecule has 1 aromatic heterocycles. The maximum Gasteiger partial charge on any atom is 0.179 e. The fraction of sp³-hybridized carbons (Fsp3) is 0.231. The summed E-state index contributed by atoms with van der Waals surface area (Å²) in [5.74, 6) is 0.841. The summed E-state index contributed by atoms with van der Waals surface area (Å²) in [7, 11) is 3.01. The van der Waals surface area contributed by atoms with E-state index in [-0.39, 0.29) is 5.78 Å². The minimum absolute atomic E-state index is 0.0351. The Hall–Kier alpha value is -1.59. The van der Waals surface area contributed by atoms with Crippen molar-refractivity contribution < 1.29 is 14.3 Å². The summed E-state index contributed by atoms with van der Waals surface area (Å²) >= 11 is 7.52. The second kappa shape index (κ2) is 6.04. The van der Waals surface area contributed by atoms with Crippen LogP contribution >= 0.6 is 22.9 Å². The van der Waals surface area contributed by atoms with Crippen LogP contribution in [-0.4, -0.2) is 25.0 Å². The Morgan fingerprint density at radius 2 is 2.16 bits per heavy atom. The number of hydrogen-bond acceptors (Lipinski definition) is 5. The number of Topliss-reactive ketones (excluding diaryl/α,β-unsaturated/α-hetero) is 1. The van der Waals surface area contributed by atoms with Gasteiger partial charge in [0.25, 0.3) is 0 Å². The molecule has 0 atom stereocenters. The molecule has 1 aromatic carbocycles. The van der Waals surface area contributed by atoms with Crippen molar-refractivity contribution in [3.8, 4) is 11.5 Å². The van der Waals surface area contributed by atoms with E-state index in [0.29, 0.717) is 28.5 Å². The Balaban J connectivity index is 2.29. The van der Waals surface area contributed by atoms with E-state index in [1.165, 1.54) is 25.6 Å². The summed E-state index contributed by atoms with van der Waals surface area (Å²) in [5.41, 5.74) is 2.19. The zero-order valence-electron chi connectivity index (χ0n) is 10.5. The van der Waals surface area contributed by atoms with Crippen molar-refractivity contribution in [2.24, 2.45) is 0 Å². The molecule has 0 amide bonds. The van der Waals surface area contributed by atoms with Crippen LogP contribution < -0.4 is 9.47 Å². The molecule has 0 aliphatic rings. The molecule has 19 heavy (non-hydrogen) atoms. The first-order chi connectivity index (χ1) is 9.15. The molecule has 6 heteroatoms. The van der Waals surface area contributed by atoms with Crippen LogP contribution in [0, 0.1) is 0 Å². The molecule has 0 bridgehead atoms. The lowest BCUT2D eigenvalue weighted by Gasteiger charge is -2.11. The van der Waals surface area contributed by atoms with E-state index < -0.39 is 0 Å². The van der Waals surface area contributed by atoms with E-state index in [9.17, 15) is 4.79 Å². The van der Waals surface area contributed by atoms with Crippen LogP contribution in [-0.2, 0) is 6.42 Å². The number of carbonyl (C=O) groups is 1. The molecule has 4 nitrogen and oxygen atoms in total. The summed E-state index contributed by atoms with van der Waals surface area (Å²) in [6.45, 7) is 0. The molecule has 0 saturated heterocycles. The van der Waals surface area contributed by atoms with Gasteiger partial charge in [-0.25, -0.2) is 0 Å². The number of ketones is 1. The summed E-state index contributed by atoms with van der Waals surface area (Å²) in [5, 5.41) is 0.356. The van der Waals surface area contributed by atoms with Crippen LogP contribution in [0.2, 0.25) is 5.02 Å². The van der Waals surface area contributed by atoms with Gasteiger partial charge in [-0.15, -0.1) is 11.3 Å². The molecule has 0 N–H and O–H groups in total. The summed E-state index contributed by atoms with van der Waals surface area (Å²) in [6.07, 6.45) is 1.99. The molecule has 0 spiro atoms. The predicted molar refractivity (Wildman–Crippen MR) is 74.7 cm³/mol. The van der Waals surface area contributed by atoms with E-state index >= 15 is 0 Å². The normalized spacial score (nSPS) is 10.3. The number of hydrogen-bond donors (Lipinski definition) is 0. The number of thiazole rings is 1.